The Balaban J connectivity index is 2.14. The Morgan fingerprint density at radius 3 is 1.74 bits per heavy atom. The molecule has 5 nitrogen and oxygen atoms in total. The summed E-state index contributed by atoms with van der Waals surface area (Å²) in [7, 11) is 4.14. The smallest absolute Gasteiger partial charge is 0.123 e. The normalized spacial score (nSPS) is 17.1. The highest BCUT2D eigenvalue weighted by Gasteiger charge is 2.32. The molecule has 0 saturated carbocycles. The Morgan fingerprint density at radius 2 is 1.32 bits per heavy atom. The molecular formula is C29H45N3O2. The van der Waals surface area contributed by atoms with Crippen LogP contribution in [0.25, 0.3) is 0 Å². The van der Waals surface area contributed by atoms with E-state index in [0.717, 1.165) is 43.9 Å². The van der Waals surface area contributed by atoms with Crippen LogP contribution in [0.5, 0.6) is 5.75 Å². The molecule has 0 radical (unpaired) electrons. The predicted molar refractivity (Wildman–Crippen MR) is 143 cm³/mol. The summed E-state index contributed by atoms with van der Waals surface area (Å²) in [6.45, 7) is 17.8. The second kappa shape index (κ2) is 10.3. The molecule has 0 bridgehead atoms. The van der Waals surface area contributed by atoms with Crippen LogP contribution in [0, 0.1) is 0 Å². The molecule has 1 saturated heterocycles. The summed E-state index contributed by atoms with van der Waals surface area (Å²) in [5.41, 5.74) is 5.37. The Morgan fingerprint density at radius 1 is 0.824 bits per heavy atom. The van der Waals surface area contributed by atoms with Gasteiger partial charge in [0.25, 0.3) is 0 Å². The Bertz CT molecular complexity index is 912. The van der Waals surface area contributed by atoms with E-state index in [2.05, 4.69) is 107 Å². The van der Waals surface area contributed by atoms with Crippen LogP contribution in [0.2, 0.25) is 0 Å². The number of aliphatic hydroxyl groups is 1. The van der Waals surface area contributed by atoms with Gasteiger partial charge < -0.3 is 15.1 Å². The van der Waals surface area contributed by atoms with Gasteiger partial charge in [-0.15, -0.1) is 0 Å². The van der Waals surface area contributed by atoms with Gasteiger partial charge in [-0.05, 0) is 57.3 Å². The third-order valence-electron chi connectivity index (χ3n) is 6.98. The molecule has 1 aliphatic rings. The summed E-state index contributed by atoms with van der Waals surface area (Å²) in [6.07, 6.45) is 0. The van der Waals surface area contributed by atoms with Crippen molar-refractivity contribution in [1.82, 2.24) is 9.80 Å². The lowest BCUT2D eigenvalue weighted by atomic mass is 9.77. The molecule has 2 N–H and O–H groups in total. The highest BCUT2D eigenvalue weighted by atomic mass is 16.3. The number of β-amino-alcohol motifs (C(OH)–C–C–N with tert-alkyl or cyclic N) is 1. The van der Waals surface area contributed by atoms with E-state index in [1.165, 1.54) is 16.8 Å². The van der Waals surface area contributed by atoms with Crippen molar-refractivity contribution < 1.29 is 10.2 Å². The fourth-order valence-corrected chi connectivity index (χ4v) is 4.91. The minimum Gasteiger partial charge on any atom is -0.507 e. The average Bonchev–Trinajstić information content (AvgIpc) is 2.75. The Hall–Kier alpha value is -2.08. The molecule has 1 atom stereocenters. The first-order valence-corrected chi connectivity index (χ1v) is 12.6. The van der Waals surface area contributed by atoms with Crippen molar-refractivity contribution in [1.29, 1.82) is 0 Å². The number of aromatic hydroxyl groups is 1. The molecule has 2 aromatic carbocycles. The van der Waals surface area contributed by atoms with Gasteiger partial charge >= 0.3 is 0 Å². The predicted octanol–water partition coefficient (Wildman–Crippen LogP) is 4.75. The maximum absolute atomic E-state index is 11.3. The van der Waals surface area contributed by atoms with E-state index in [0.29, 0.717) is 5.75 Å². The van der Waals surface area contributed by atoms with Crippen molar-refractivity contribution >= 4 is 5.69 Å². The minimum atomic E-state index is -0.167. The lowest BCUT2D eigenvalue weighted by Crippen LogP contribution is -2.48. The van der Waals surface area contributed by atoms with Gasteiger partial charge in [-0.2, -0.15) is 0 Å². The highest BCUT2D eigenvalue weighted by Crippen LogP contribution is 2.43. The lowest BCUT2D eigenvalue weighted by Gasteiger charge is -2.40. The van der Waals surface area contributed by atoms with Crippen LogP contribution in [0.4, 0.5) is 5.69 Å². The van der Waals surface area contributed by atoms with Crippen molar-refractivity contribution in [2.75, 3.05) is 58.3 Å². The minimum absolute atomic E-state index is 0.107. The number of nitrogens with zero attached hydrogens (tertiary/aromatic N) is 3. The number of benzene rings is 2. The van der Waals surface area contributed by atoms with Crippen molar-refractivity contribution in [2.24, 2.45) is 0 Å². The van der Waals surface area contributed by atoms with Crippen molar-refractivity contribution in [3.05, 3.63) is 58.7 Å². The third-order valence-corrected chi connectivity index (χ3v) is 6.98. The molecule has 188 valence electrons. The maximum atomic E-state index is 11.3. The van der Waals surface area contributed by atoms with Gasteiger partial charge in [0.05, 0.1) is 12.6 Å². The zero-order chi connectivity index (χ0) is 25.3. The fraction of sp³-hybridized carbons (Fsp3) is 0.586. The summed E-state index contributed by atoms with van der Waals surface area (Å²) in [4.78, 5) is 7.02. The van der Waals surface area contributed by atoms with E-state index >= 15 is 0 Å². The number of hydrogen-bond acceptors (Lipinski definition) is 5. The zero-order valence-electron chi connectivity index (χ0n) is 22.5. The molecule has 0 aliphatic carbocycles. The van der Waals surface area contributed by atoms with Gasteiger partial charge in [0.1, 0.15) is 5.75 Å². The van der Waals surface area contributed by atoms with E-state index in [9.17, 15) is 10.2 Å². The number of rotatable bonds is 6. The SMILES string of the molecule is CN(C)c1ccc([C@@H](c2cc(C(C)(C)C)c(O)c(C(C)(C)C)c2)N2CCN(CCO)CC2)cc1. The van der Waals surface area contributed by atoms with E-state index in [4.69, 9.17) is 0 Å². The van der Waals surface area contributed by atoms with Gasteiger partial charge in [-0.3, -0.25) is 9.80 Å². The van der Waals surface area contributed by atoms with Crippen molar-refractivity contribution in [3.63, 3.8) is 0 Å². The van der Waals surface area contributed by atoms with Crippen molar-refractivity contribution in [2.45, 2.75) is 58.4 Å². The molecule has 0 aromatic heterocycles. The Kier molecular flexibility index (Phi) is 8.01. The molecule has 5 heteroatoms. The first-order chi connectivity index (χ1) is 15.8. The number of phenolic OH excluding ortho intramolecular Hbond substituents is 1. The number of phenols is 1. The van der Waals surface area contributed by atoms with Crippen LogP contribution in [0.15, 0.2) is 36.4 Å². The van der Waals surface area contributed by atoms with Crippen molar-refractivity contribution in [3.8, 4) is 5.75 Å². The number of piperazine rings is 1. The maximum Gasteiger partial charge on any atom is 0.123 e. The molecule has 0 unspecified atom stereocenters. The van der Waals surface area contributed by atoms with Crippen LogP contribution >= 0.6 is 0 Å². The molecule has 2 aromatic rings. The zero-order valence-corrected chi connectivity index (χ0v) is 22.5. The van der Waals surface area contributed by atoms with Gasteiger partial charge in [0, 0.05) is 52.5 Å². The standard InChI is InChI=1S/C29H45N3O2/c1-28(2,3)24-19-22(20-25(27(24)34)29(4,5)6)26(21-9-11-23(12-10-21)30(7)8)32-15-13-31(14-16-32)17-18-33/h9-12,19-20,26,33-34H,13-18H2,1-8H3/t26-/m0/s1. The Labute approximate surface area is 207 Å². The van der Waals surface area contributed by atoms with Gasteiger partial charge in [0.2, 0.25) is 0 Å². The van der Waals surface area contributed by atoms with Crippen LogP contribution in [-0.2, 0) is 10.8 Å². The van der Waals surface area contributed by atoms with Crippen LogP contribution in [0.1, 0.15) is 69.8 Å². The lowest BCUT2D eigenvalue weighted by molar-refractivity contribution is 0.0944. The molecule has 0 spiro atoms. The van der Waals surface area contributed by atoms with Gasteiger partial charge in [-0.25, -0.2) is 0 Å². The van der Waals surface area contributed by atoms with Gasteiger partial charge in [0.15, 0.2) is 0 Å². The molecule has 3 rings (SSSR count). The summed E-state index contributed by atoms with van der Waals surface area (Å²) >= 11 is 0. The second-order valence-corrected chi connectivity index (χ2v) is 12.0. The molecule has 34 heavy (non-hydrogen) atoms. The topological polar surface area (TPSA) is 50.2 Å². The third kappa shape index (κ3) is 5.94. The largest absolute Gasteiger partial charge is 0.507 e. The quantitative estimate of drug-likeness (QED) is 0.642. The molecule has 1 aliphatic heterocycles. The number of hydrogen-bond donors (Lipinski definition) is 2. The summed E-state index contributed by atoms with van der Waals surface area (Å²) in [6, 6.07) is 13.5. The molecular weight excluding hydrogens is 422 g/mol. The molecule has 0 amide bonds. The highest BCUT2D eigenvalue weighted by molar-refractivity contribution is 5.53. The van der Waals surface area contributed by atoms with E-state index < -0.39 is 0 Å². The summed E-state index contributed by atoms with van der Waals surface area (Å²) in [5.74, 6) is 0.429. The van der Waals surface area contributed by atoms with Crippen LogP contribution < -0.4 is 4.90 Å². The summed E-state index contributed by atoms with van der Waals surface area (Å²) < 4.78 is 0. The average molecular weight is 468 g/mol. The monoisotopic (exact) mass is 467 g/mol. The van der Waals surface area contributed by atoms with Crippen LogP contribution in [-0.4, -0.2) is 73.4 Å². The van der Waals surface area contributed by atoms with E-state index in [1.54, 1.807) is 0 Å². The molecule has 1 fully saturated rings. The first kappa shape index (κ1) is 26.5. The summed E-state index contributed by atoms with van der Waals surface area (Å²) in [5, 5.41) is 20.7. The number of aliphatic hydroxyl groups excluding tert-OH is 1. The van der Waals surface area contributed by atoms with Gasteiger partial charge in [-0.1, -0.05) is 53.7 Å². The van der Waals surface area contributed by atoms with Crippen LogP contribution in [0.3, 0.4) is 0 Å². The fourth-order valence-electron chi connectivity index (χ4n) is 4.91. The second-order valence-electron chi connectivity index (χ2n) is 12.0. The number of anilines is 1. The van der Waals surface area contributed by atoms with E-state index in [1.807, 2.05) is 0 Å². The van der Waals surface area contributed by atoms with E-state index in [-0.39, 0.29) is 23.5 Å². The first-order valence-electron chi connectivity index (χ1n) is 12.6. The molecule has 1 heterocycles.